The van der Waals surface area contributed by atoms with E-state index in [1.165, 1.54) is 228 Å². The van der Waals surface area contributed by atoms with Crippen molar-refractivity contribution in [1.29, 1.82) is 0 Å². The van der Waals surface area contributed by atoms with Crippen LogP contribution in [0.5, 0.6) is 0 Å². The highest BCUT2D eigenvalue weighted by molar-refractivity contribution is 5.83. The predicted molar refractivity (Wildman–Crippen MR) is 228 cm³/mol. The Labute approximate surface area is 318 Å². The van der Waals surface area contributed by atoms with Gasteiger partial charge in [-0.15, -0.1) is 0 Å². The minimum absolute atomic E-state index is 1.16. The van der Waals surface area contributed by atoms with Crippen molar-refractivity contribution < 1.29 is 4.57 Å². The van der Waals surface area contributed by atoms with Gasteiger partial charge >= 0.3 is 0 Å². The van der Waals surface area contributed by atoms with Crippen molar-refractivity contribution in [2.45, 2.75) is 219 Å². The maximum Gasteiger partial charge on any atom is 0.172 e. The van der Waals surface area contributed by atoms with E-state index in [9.17, 15) is 0 Å². The lowest BCUT2D eigenvalue weighted by molar-refractivity contribution is -0.697. The normalized spacial score (nSPS) is 13.6. The van der Waals surface area contributed by atoms with Crippen LogP contribution in [0.25, 0.3) is 11.6 Å². The van der Waals surface area contributed by atoms with Crippen molar-refractivity contribution in [3.8, 4) is 0 Å². The number of hydrogen-bond acceptors (Lipinski definition) is 1. The molecule has 288 valence electrons. The molecule has 0 fully saturated rings. The van der Waals surface area contributed by atoms with E-state index >= 15 is 0 Å². The number of fused-ring (bicyclic) bond motifs is 1. The van der Waals surface area contributed by atoms with E-state index in [2.05, 4.69) is 79.2 Å². The number of benzene rings is 1. The first-order valence-corrected chi connectivity index (χ1v) is 22.8. The van der Waals surface area contributed by atoms with E-state index in [4.69, 9.17) is 0 Å². The molecule has 0 radical (unpaired) electrons. The maximum atomic E-state index is 2.46. The van der Waals surface area contributed by atoms with Gasteiger partial charge in [0.2, 0.25) is 0 Å². The first-order valence-electron chi connectivity index (χ1n) is 22.8. The Bertz CT molecular complexity index is 1130. The van der Waals surface area contributed by atoms with Crippen LogP contribution in [0, 0.1) is 0 Å². The number of rotatable bonds is 32. The van der Waals surface area contributed by atoms with Gasteiger partial charge in [-0.3, -0.25) is 0 Å². The molecular formula is C49H83N2+. The van der Waals surface area contributed by atoms with Crippen molar-refractivity contribution in [2.75, 3.05) is 18.5 Å². The summed E-state index contributed by atoms with van der Waals surface area (Å²) in [4.78, 5) is 2.45. The number of hydrogen-bond donors (Lipinski definition) is 0. The van der Waals surface area contributed by atoms with Gasteiger partial charge < -0.3 is 4.90 Å². The quantitative estimate of drug-likeness (QED) is 0.0545. The number of pyridine rings is 1. The fourth-order valence-corrected chi connectivity index (χ4v) is 8.18. The lowest BCUT2D eigenvalue weighted by Gasteiger charge is -2.20. The van der Waals surface area contributed by atoms with Crippen LogP contribution in [0.2, 0.25) is 0 Å². The molecule has 2 nitrogen and oxygen atoms in total. The summed E-state index contributed by atoms with van der Waals surface area (Å²) in [5, 5.41) is 0. The summed E-state index contributed by atoms with van der Waals surface area (Å²) >= 11 is 0. The Hall–Kier alpha value is -2.09. The fourth-order valence-electron chi connectivity index (χ4n) is 8.18. The fraction of sp³-hybridized carbons (Fsp3) is 0.735. The topological polar surface area (TPSA) is 7.12 Å². The SMILES string of the molecule is CCCCCCCCCCCCCCCCN(C)c1ccc(/C=C2/CCCc3c[n+](CCCCCCCCCCCCCCCC)ccc32)cc1. The van der Waals surface area contributed by atoms with Crippen LogP contribution in [0.1, 0.15) is 223 Å². The minimum Gasteiger partial charge on any atom is -0.375 e. The molecule has 0 amide bonds. The van der Waals surface area contributed by atoms with Crippen LogP contribution in [0.3, 0.4) is 0 Å². The molecular weight excluding hydrogens is 617 g/mol. The second-order valence-corrected chi connectivity index (χ2v) is 16.4. The highest BCUT2D eigenvalue weighted by Crippen LogP contribution is 2.32. The first-order chi connectivity index (χ1) is 25.2. The van der Waals surface area contributed by atoms with E-state index in [0.29, 0.717) is 0 Å². The van der Waals surface area contributed by atoms with Gasteiger partial charge in [0.1, 0.15) is 6.54 Å². The Kier molecular flexibility index (Phi) is 24.9. The zero-order valence-electron chi connectivity index (χ0n) is 34.3. The van der Waals surface area contributed by atoms with Crippen LogP contribution in [-0.4, -0.2) is 13.6 Å². The summed E-state index contributed by atoms with van der Waals surface area (Å²) in [7, 11) is 2.26. The number of aromatic nitrogens is 1. The van der Waals surface area contributed by atoms with E-state index in [1.54, 1.807) is 5.56 Å². The first kappa shape index (κ1) is 43.3. The molecule has 3 rings (SSSR count). The molecule has 0 N–H and O–H groups in total. The number of aryl methyl sites for hydroxylation is 2. The van der Waals surface area contributed by atoms with Crippen LogP contribution in [0.15, 0.2) is 42.7 Å². The number of anilines is 1. The summed E-state index contributed by atoms with van der Waals surface area (Å²) in [6.07, 6.45) is 50.8. The van der Waals surface area contributed by atoms with Gasteiger partial charge in [-0.05, 0) is 60.9 Å². The molecule has 0 aliphatic heterocycles. The van der Waals surface area contributed by atoms with E-state index in [-0.39, 0.29) is 0 Å². The van der Waals surface area contributed by atoms with Gasteiger partial charge in [0.15, 0.2) is 12.4 Å². The zero-order valence-corrected chi connectivity index (χ0v) is 34.3. The molecule has 0 unspecified atom stereocenters. The molecule has 0 spiro atoms. The van der Waals surface area contributed by atoms with E-state index < -0.39 is 0 Å². The average Bonchev–Trinajstić information content (AvgIpc) is 3.15. The second kappa shape index (κ2) is 29.4. The maximum absolute atomic E-state index is 2.46. The van der Waals surface area contributed by atoms with Crippen molar-refractivity contribution in [2.24, 2.45) is 0 Å². The van der Waals surface area contributed by atoms with Crippen LogP contribution in [-0.2, 0) is 13.0 Å². The van der Waals surface area contributed by atoms with E-state index in [0.717, 1.165) is 6.54 Å². The number of unbranched alkanes of at least 4 members (excludes halogenated alkanes) is 26. The molecule has 51 heavy (non-hydrogen) atoms. The molecule has 0 atom stereocenters. The summed E-state index contributed by atoms with van der Waals surface area (Å²) in [6.45, 7) is 6.93. The van der Waals surface area contributed by atoms with Crippen molar-refractivity contribution >= 4 is 17.3 Å². The highest BCUT2D eigenvalue weighted by atomic mass is 15.1. The highest BCUT2D eigenvalue weighted by Gasteiger charge is 2.18. The minimum atomic E-state index is 1.16. The van der Waals surface area contributed by atoms with Gasteiger partial charge in [0, 0.05) is 37.3 Å². The van der Waals surface area contributed by atoms with Gasteiger partial charge in [-0.25, -0.2) is 4.57 Å². The molecule has 2 aromatic rings. The van der Waals surface area contributed by atoms with Crippen molar-refractivity contribution in [1.82, 2.24) is 0 Å². The molecule has 1 aliphatic rings. The third-order valence-corrected chi connectivity index (χ3v) is 11.6. The van der Waals surface area contributed by atoms with Crippen LogP contribution in [0.4, 0.5) is 5.69 Å². The average molecular weight is 700 g/mol. The summed E-state index contributed by atoms with van der Waals surface area (Å²) in [5.41, 5.74) is 7.23. The van der Waals surface area contributed by atoms with Crippen molar-refractivity contribution in [3.63, 3.8) is 0 Å². The van der Waals surface area contributed by atoms with Gasteiger partial charge in [-0.1, -0.05) is 193 Å². The molecule has 1 aromatic carbocycles. The largest absolute Gasteiger partial charge is 0.375 e. The molecule has 1 aliphatic carbocycles. The monoisotopic (exact) mass is 700 g/mol. The molecule has 0 saturated heterocycles. The molecule has 2 heteroatoms. The molecule has 0 saturated carbocycles. The Balaban J connectivity index is 1.25. The number of nitrogens with zero attached hydrogens (tertiary/aromatic N) is 2. The molecule has 1 heterocycles. The standard InChI is InChI=1S/C49H83N2/c1-4-6-8-10-12-14-16-18-20-22-24-26-28-30-40-50(3)48-37-35-45(36-38-48)43-46-33-32-34-47-44-51(42-39-49(46)47)41-31-29-27-25-23-21-19-17-15-13-11-9-7-5-2/h35-39,42-44H,4-34,40-41H2,1-3H3/q+1. The Morgan fingerprint density at radius 1 is 0.529 bits per heavy atom. The van der Waals surface area contributed by atoms with Gasteiger partial charge in [0.05, 0.1) is 0 Å². The second-order valence-electron chi connectivity index (χ2n) is 16.4. The zero-order chi connectivity index (χ0) is 36.0. The number of allylic oxidation sites excluding steroid dienone is 1. The lowest BCUT2D eigenvalue weighted by atomic mass is 9.87. The Morgan fingerprint density at radius 2 is 0.980 bits per heavy atom. The lowest BCUT2D eigenvalue weighted by Crippen LogP contribution is -2.34. The summed E-state index contributed by atoms with van der Waals surface area (Å²) in [5.74, 6) is 0. The predicted octanol–water partition coefficient (Wildman–Crippen LogP) is 15.2. The van der Waals surface area contributed by atoms with Crippen LogP contribution >= 0.6 is 0 Å². The van der Waals surface area contributed by atoms with Gasteiger partial charge in [0.25, 0.3) is 0 Å². The molecule has 0 bridgehead atoms. The third-order valence-electron chi connectivity index (χ3n) is 11.6. The van der Waals surface area contributed by atoms with Gasteiger partial charge in [-0.2, -0.15) is 0 Å². The van der Waals surface area contributed by atoms with Crippen molar-refractivity contribution in [3.05, 3.63) is 59.4 Å². The molecule has 1 aromatic heterocycles. The van der Waals surface area contributed by atoms with E-state index in [1.807, 2.05) is 0 Å². The Morgan fingerprint density at radius 3 is 1.47 bits per heavy atom. The van der Waals surface area contributed by atoms with Crippen LogP contribution < -0.4 is 9.47 Å². The summed E-state index contributed by atoms with van der Waals surface area (Å²) < 4.78 is 2.46. The third kappa shape index (κ3) is 20.1. The smallest absolute Gasteiger partial charge is 0.172 e. The summed E-state index contributed by atoms with van der Waals surface area (Å²) in [6, 6.07) is 11.7.